The van der Waals surface area contributed by atoms with Crippen molar-refractivity contribution in [3.05, 3.63) is 62.6 Å². The third kappa shape index (κ3) is 4.22. The van der Waals surface area contributed by atoms with Crippen molar-refractivity contribution >= 4 is 17.3 Å². The van der Waals surface area contributed by atoms with Crippen LogP contribution in [-0.4, -0.2) is 20.6 Å². The van der Waals surface area contributed by atoms with Gasteiger partial charge in [0.25, 0.3) is 17.2 Å². The molecule has 0 spiro atoms. The number of carbonyl (C=O) groups is 1. The molecule has 8 nitrogen and oxygen atoms in total. The van der Waals surface area contributed by atoms with E-state index in [9.17, 15) is 19.7 Å². The Morgan fingerprint density at radius 1 is 1.35 bits per heavy atom. The monoisotopic (exact) mass is 316 g/mol. The van der Waals surface area contributed by atoms with Crippen molar-refractivity contribution in [3.63, 3.8) is 0 Å². The molecule has 0 fully saturated rings. The smallest absolute Gasteiger partial charge is 0.276 e. The molecule has 0 aliphatic carbocycles. The number of nitrogens with one attached hydrogen (secondary N) is 1. The predicted octanol–water partition coefficient (Wildman–Crippen LogP) is 2.06. The summed E-state index contributed by atoms with van der Waals surface area (Å²) in [4.78, 5) is 34.1. The van der Waals surface area contributed by atoms with Gasteiger partial charge in [0, 0.05) is 30.4 Å². The molecule has 0 bridgehead atoms. The van der Waals surface area contributed by atoms with E-state index in [1.165, 1.54) is 41.1 Å². The fourth-order valence-electron chi connectivity index (χ4n) is 1.94. The van der Waals surface area contributed by atoms with Crippen LogP contribution in [0.3, 0.4) is 0 Å². The summed E-state index contributed by atoms with van der Waals surface area (Å²) in [6, 6.07) is 8.19. The quantitative estimate of drug-likeness (QED) is 0.671. The second kappa shape index (κ2) is 6.82. The van der Waals surface area contributed by atoms with Crippen LogP contribution in [-0.2, 0) is 6.54 Å². The van der Waals surface area contributed by atoms with Gasteiger partial charge in [-0.15, -0.1) is 0 Å². The molecule has 1 aromatic carbocycles. The minimum absolute atomic E-state index is 0.0664. The molecule has 0 atom stereocenters. The van der Waals surface area contributed by atoms with Gasteiger partial charge in [-0.05, 0) is 18.1 Å². The van der Waals surface area contributed by atoms with Crippen LogP contribution in [0.5, 0.6) is 0 Å². The number of rotatable bonds is 5. The van der Waals surface area contributed by atoms with Crippen LogP contribution in [0.4, 0.5) is 11.4 Å². The standard InChI is InChI=1S/C15H16N4O4/c1-10(2)9-18-14(20)7-6-13(17-18)15(21)16-11-4-3-5-12(8-11)19(22)23/h3-8,10H,9H2,1-2H3,(H,16,21). The summed E-state index contributed by atoms with van der Waals surface area (Å²) in [7, 11) is 0. The first-order valence-corrected chi connectivity index (χ1v) is 7.01. The topological polar surface area (TPSA) is 107 Å². The molecule has 1 N–H and O–H groups in total. The van der Waals surface area contributed by atoms with Crippen molar-refractivity contribution in [2.45, 2.75) is 20.4 Å². The molecule has 1 heterocycles. The number of nitro groups is 1. The number of nitrogens with zero attached hydrogens (tertiary/aromatic N) is 3. The fraction of sp³-hybridized carbons (Fsp3) is 0.267. The van der Waals surface area contributed by atoms with Gasteiger partial charge < -0.3 is 5.32 Å². The van der Waals surface area contributed by atoms with Crippen LogP contribution < -0.4 is 10.9 Å². The molecule has 0 aliphatic rings. The summed E-state index contributed by atoms with van der Waals surface area (Å²) in [5.41, 5.74) is -0.0597. The van der Waals surface area contributed by atoms with Crippen molar-refractivity contribution in [2.24, 2.45) is 5.92 Å². The Morgan fingerprint density at radius 3 is 2.74 bits per heavy atom. The highest BCUT2D eigenvalue weighted by Gasteiger charge is 2.12. The van der Waals surface area contributed by atoms with E-state index in [-0.39, 0.29) is 28.5 Å². The van der Waals surface area contributed by atoms with Crippen LogP contribution >= 0.6 is 0 Å². The molecule has 8 heteroatoms. The van der Waals surface area contributed by atoms with Gasteiger partial charge in [0.1, 0.15) is 5.69 Å². The lowest BCUT2D eigenvalue weighted by Gasteiger charge is -2.09. The first kappa shape index (κ1) is 16.3. The van der Waals surface area contributed by atoms with Gasteiger partial charge in [0.05, 0.1) is 4.92 Å². The van der Waals surface area contributed by atoms with Gasteiger partial charge in [-0.3, -0.25) is 19.7 Å². The minimum Gasteiger partial charge on any atom is -0.320 e. The molecular formula is C15H16N4O4. The zero-order valence-corrected chi connectivity index (χ0v) is 12.7. The molecule has 120 valence electrons. The average Bonchev–Trinajstić information content (AvgIpc) is 2.49. The molecule has 0 radical (unpaired) electrons. The van der Waals surface area contributed by atoms with Crippen molar-refractivity contribution < 1.29 is 9.72 Å². The summed E-state index contributed by atoms with van der Waals surface area (Å²) in [6.45, 7) is 4.27. The van der Waals surface area contributed by atoms with Gasteiger partial charge >= 0.3 is 0 Å². The lowest BCUT2D eigenvalue weighted by atomic mass is 10.2. The van der Waals surface area contributed by atoms with E-state index in [4.69, 9.17) is 0 Å². The van der Waals surface area contributed by atoms with Gasteiger partial charge in [-0.25, -0.2) is 4.68 Å². The van der Waals surface area contributed by atoms with E-state index in [0.717, 1.165) is 0 Å². The molecule has 0 saturated heterocycles. The number of benzene rings is 1. The van der Waals surface area contributed by atoms with E-state index in [0.29, 0.717) is 6.54 Å². The maximum atomic E-state index is 12.2. The molecule has 1 aromatic heterocycles. The number of nitro benzene ring substituents is 1. The van der Waals surface area contributed by atoms with Crippen molar-refractivity contribution in [1.82, 2.24) is 9.78 Å². The van der Waals surface area contributed by atoms with E-state index in [1.807, 2.05) is 13.8 Å². The molecule has 2 rings (SSSR count). The minimum atomic E-state index is -0.545. The van der Waals surface area contributed by atoms with Gasteiger partial charge in [-0.1, -0.05) is 19.9 Å². The number of non-ortho nitro benzene ring substituents is 1. The molecule has 1 amide bonds. The molecule has 2 aromatic rings. The highest BCUT2D eigenvalue weighted by molar-refractivity contribution is 6.02. The number of hydrogen-bond donors (Lipinski definition) is 1. The Kier molecular flexibility index (Phi) is 4.85. The Labute approximate surface area is 131 Å². The average molecular weight is 316 g/mol. The Morgan fingerprint density at radius 2 is 2.09 bits per heavy atom. The summed E-state index contributed by atoms with van der Waals surface area (Å²) >= 11 is 0. The maximum absolute atomic E-state index is 12.2. The first-order valence-electron chi connectivity index (χ1n) is 7.01. The fourth-order valence-corrected chi connectivity index (χ4v) is 1.94. The van der Waals surface area contributed by atoms with Crippen LogP contribution in [0.25, 0.3) is 0 Å². The number of carbonyl (C=O) groups excluding carboxylic acids is 1. The summed E-state index contributed by atoms with van der Waals surface area (Å²) in [5, 5.41) is 17.3. The maximum Gasteiger partial charge on any atom is 0.276 e. The zero-order valence-electron chi connectivity index (χ0n) is 12.7. The van der Waals surface area contributed by atoms with E-state index < -0.39 is 10.8 Å². The van der Waals surface area contributed by atoms with Gasteiger partial charge in [0.15, 0.2) is 0 Å². The molecule has 23 heavy (non-hydrogen) atoms. The molecular weight excluding hydrogens is 300 g/mol. The molecule has 0 aliphatic heterocycles. The van der Waals surface area contributed by atoms with E-state index >= 15 is 0 Å². The van der Waals surface area contributed by atoms with Crippen molar-refractivity contribution in [2.75, 3.05) is 5.32 Å². The van der Waals surface area contributed by atoms with Crippen LogP contribution in [0, 0.1) is 16.0 Å². The predicted molar refractivity (Wildman–Crippen MR) is 84.4 cm³/mol. The highest BCUT2D eigenvalue weighted by atomic mass is 16.6. The normalized spacial score (nSPS) is 10.6. The third-order valence-corrected chi connectivity index (χ3v) is 2.95. The SMILES string of the molecule is CC(C)Cn1nc(C(=O)Nc2cccc([N+](=O)[O-])c2)ccc1=O. The van der Waals surface area contributed by atoms with Crippen LogP contribution in [0.1, 0.15) is 24.3 Å². The first-order chi connectivity index (χ1) is 10.9. The van der Waals surface area contributed by atoms with Crippen molar-refractivity contribution in [1.29, 1.82) is 0 Å². The molecule has 0 unspecified atom stereocenters. The van der Waals surface area contributed by atoms with E-state index in [1.54, 1.807) is 0 Å². The van der Waals surface area contributed by atoms with E-state index in [2.05, 4.69) is 10.4 Å². The number of aromatic nitrogens is 2. The number of anilines is 1. The van der Waals surface area contributed by atoms with Gasteiger partial charge in [0.2, 0.25) is 0 Å². The summed E-state index contributed by atoms with van der Waals surface area (Å²) < 4.78 is 1.23. The highest BCUT2D eigenvalue weighted by Crippen LogP contribution is 2.17. The third-order valence-electron chi connectivity index (χ3n) is 2.95. The summed E-state index contributed by atoms with van der Waals surface area (Å²) in [5.74, 6) is -0.335. The van der Waals surface area contributed by atoms with Crippen LogP contribution in [0.2, 0.25) is 0 Å². The lowest BCUT2D eigenvalue weighted by molar-refractivity contribution is -0.384. The Hall–Kier alpha value is -3.03. The van der Waals surface area contributed by atoms with Crippen LogP contribution in [0.15, 0.2) is 41.2 Å². The second-order valence-electron chi connectivity index (χ2n) is 5.39. The molecule has 0 saturated carbocycles. The summed E-state index contributed by atoms with van der Waals surface area (Å²) in [6.07, 6.45) is 0. The lowest BCUT2D eigenvalue weighted by Crippen LogP contribution is -2.27. The Bertz CT molecular complexity index is 798. The second-order valence-corrected chi connectivity index (χ2v) is 5.39. The zero-order chi connectivity index (χ0) is 17.0. The van der Waals surface area contributed by atoms with Crippen molar-refractivity contribution in [3.8, 4) is 0 Å². The largest absolute Gasteiger partial charge is 0.320 e. The number of hydrogen-bond acceptors (Lipinski definition) is 5. The number of amides is 1. The Balaban J connectivity index is 2.22. The van der Waals surface area contributed by atoms with Gasteiger partial charge in [-0.2, -0.15) is 5.10 Å².